The average Bonchev–Trinajstić information content (AvgIpc) is 2.89. The van der Waals surface area contributed by atoms with Crippen LogP contribution in [-0.2, 0) is 19.3 Å². The number of hydrogen-bond donors (Lipinski definition) is 0. The Balaban J connectivity index is 0.000000841. The lowest BCUT2D eigenvalue weighted by atomic mass is 10.1. The summed E-state index contributed by atoms with van der Waals surface area (Å²) < 4.78 is 0. The molecule has 4 aromatic rings. The van der Waals surface area contributed by atoms with Gasteiger partial charge in [-0.3, -0.25) is 0 Å². The number of hydrogen-bond acceptors (Lipinski definition) is 3. The molecule has 3 aromatic carbocycles. The maximum Gasteiger partial charge on any atom is 0.137 e. The van der Waals surface area contributed by atoms with E-state index in [1.54, 1.807) is 0 Å². The number of benzene rings is 3. The largest absolute Gasteiger partial charge is 0.217 e. The van der Waals surface area contributed by atoms with E-state index >= 15 is 0 Å². The van der Waals surface area contributed by atoms with Crippen LogP contribution >= 0.6 is 0 Å². The van der Waals surface area contributed by atoms with Crippen molar-refractivity contribution in [3.8, 4) is 0 Å². The maximum absolute atomic E-state index is 4.74. The van der Waals surface area contributed by atoms with Crippen molar-refractivity contribution in [2.24, 2.45) is 0 Å². The van der Waals surface area contributed by atoms with Gasteiger partial charge in [-0.25, -0.2) is 15.0 Å². The highest BCUT2D eigenvalue weighted by molar-refractivity contribution is 5.23. The molecule has 0 bridgehead atoms. The molecule has 1 heterocycles. The standard InChI is InChI=1S/C24H21N3.3C2H6/c1-4-10-19(11-5-1)16-22-25-23(17-20-12-6-2-7-13-20)27-24(26-22)18-21-14-8-3-9-15-21;3*1-2/h1-15H,16-18H2;3*1-2H3. The molecule has 3 heteroatoms. The van der Waals surface area contributed by atoms with E-state index in [0.717, 1.165) is 17.5 Å². The first-order valence-corrected chi connectivity index (χ1v) is 12.2. The SMILES string of the molecule is CC.CC.CC.c1ccc(Cc2nc(Cc3ccccc3)nc(Cc3ccccc3)n2)cc1. The summed E-state index contributed by atoms with van der Waals surface area (Å²) in [5.74, 6) is 2.48. The highest BCUT2D eigenvalue weighted by atomic mass is 15.0. The lowest BCUT2D eigenvalue weighted by Crippen LogP contribution is -2.09. The minimum atomic E-state index is 0.715. The van der Waals surface area contributed by atoms with Crippen LogP contribution in [0.15, 0.2) is 91.0 Å². The highest BCUT2D eigenvalue weighted by Gasteiger charge is 2.09. The van der Waals surface area contributed by atoms with Gasteiger partial charge in [0.15, 0.2) is 0 Å². The molecule has 0 N–H and O–H groups in total. The van der Waals surface area contributed by atoms with Gasteiger partial charge in [-0.1, -0.05) is 133 Å². The van der Waals surface area contributed by atoms with Gasteiger partial charge in [-0.2, -0.15) is 0 Å². The van der Waals surface area contributed by atoms with Crippen LogP contribution in [0.25, 0.3) is 0 Å². The molecule has 174 valence electrons. The van der Waals surface area contributed by atoms with Crippen molar-refractivity contribution in [1.82, 2.24) is 15.0 Å². The molecule has 0 aliphatic rings. The molecule has 0 atom stereocenters. The van der Waals surface area contributed by atoms with Crippen LogP contribution in [0.1, 0.15) is 75.7 Å². The fourth-order valence-electron chi connectivity index (χ4n) is 3.09. The number of aromatic nitrogens is 3. The molecular weight excluding hydrogens is 402 g/mol. The van der Waals surface area contributed by atoms with Crippen LogP contribution in [0.4, 0.5) is 0 Å². The summed E-state index contributed by atoms with van der Waals surface area (Å²) in [6.07, 6.45) is 2.15. The monoisotopic (exact) mass is 441 g/mol. The average molecular weight is 442 g/mol. The van der Waals surface area contributed by atoms with Gasteiger partial charge in [0.25, 0.3) is 0 Å². The minimum absolute atomic E-state index is 0.715. The Hall–Kier alpha value is -3.33. The molecular formula is C30H39N3. The van der Waals surface area contributed by atoms with E-state index in [4.69, 9.17) is 15.0 Å². The molecule has 4 rings (SSSR count). The molecule has 0 aliphatic carbocycles. The quantitative estimate of drug-likeness (QED) is 0.307. The van der Waals surface area contributed by atoms with Gasteiger partial charge in [0, 0.05) is 19.3 Å². The van der Waals surface area contributed by atoms with E-state index in [1.165, 1.54) is 16.7 Å². The second-order valence-electron chi connectivity index (χ2n) is 6.57. The van der Waals surface area contributed by atoms with Crippen LogP contribution in [0.5, 0.6) is 0 Å². The predicted molar refractivity (Wildman–Crippen MR) is 142 cm³/mol. The Morgan fingerprint density at radius 3 is 0.788 bits per heavy atom. The summed E-state index contributed by atoms with van der Waals surface area (Å²) in [6, 6.07) is 31.0. The Kier molecular flexibility index (Phi) is 14.5. The van der Waals surface area contributed by atoms with E-state index < -0.39 is 0 Å². The molecule has 33 heavy (non-hydrogen) atoms. The van der Waals surface area contributed by atoms with Crippen molar-refractivity contribution >= 4 is 0 Å². The number of rotatable bonds is 6. The Bertz CT molecular complexity index is 840. The molecule has 0 amide bonds. The third-order valence-electron chi connectivity index (χ3n) is 4.39. The van der Waals surface area contributed by atoms with E-state index in [0.29, 0.717) is 19.3 Å². The van der Waals surface area contributed by atoms with Crippen molar-refractivity contribution in [3.63, 3.8) is 0 Å². The first kappa shape index (κ1) is 27.7. The number of nitrogens with zero attached hydrogens (tertiary/aromatic N) is 3. The molecule has 0 unspecified atom stereocenters. The lowest BCUT2D eigenvalue weighted by Gasteiger charge is -2.08. The lowest BCUT2D eigenvalue weighted by molar-refractivity contribution is 0.797. The molecule has 0 radical (unpaired) electrons. The van der Waals surface area contributed by atoms with Crippen LogP contribution in [0.3, 0.4) is 0 Å². The van der Waals surface area contributed by atoms with E-state index in [9.17, 15) is 0 Å². The van der Waals surface area contributed by atoms with Gasteiger partial charge in [0.1, 0.15) is 17.5 Å². The third-order valence-corrected chi connectivity index (χ3v) is 4.39. The first-order chi connectivity index (χ1) is 16.3. The van der Waals surface area contributed by atoms with Crippen molar-refractivity contribution in [1.29, 1.82) is 0 Å². The molecule has 3 nitrogen and oxygen atoms in total. The summed E-state index contributed by atoms with van der Waals surface area (Å²) in [7, 11) is 0. The van der Waals surface area contributed by atoms with Crippen molar-refractivity contribution in [2.75, 3.05) is 0 Å². The minimum Gasteiger partial charge on any atom is -0.217 e. The van der Waals surface area contributed by atoms with Crippen molar-refractivity contribution < 1.29 is 0 Å². The van der Waals surface area contributed by atoms with Gasteiger partial charge < -0.3 is 0 Å². The van der Waals surface area contributed by atoms with Crippen LogP contribution in [-0.4, -0.2) is 15.0 Å². The van der Waals surface area contributed by atoms with E-state index in [2.05, 4.69) is 36.4 Å². The predicted octanol–water partition coefficient (Wildman–Crippen LogP) is 7.72. The summed E-state index contributed by atoms with van der Waals surface area (Å²) >= 11 is 0. The molecule has 0 aliphatic heterocycles. The molecule has 1 aromatic heterocycles. The zero-order valence-electron chi connectivity index (χ0n) is 21.1. The van der Waals surface area contributed by atoms with Crippen molar-refractivity contribution in [3.05, 3.63) is 125 Å². The van der Waals surface area contributed by atoms with Gasteiger partial charge in [-0.15, -0.1) is 0 Å². The molecule has 0 fully saturated rings. The second-order valence-corrected chi connectivity index (χ2v) is 6.57. The smallest absolute Gasteiger partial charge is 0.137 e. The van der Waals surface area contributed by atoms with Crippen molar-refractivity contribution in [2.45, 2.75) is 60.8 Å². The van der Waals surface area contributed by atoms with Crippen LogP contribution in [0, 0.1) is 0 Å². The van der Waals surface area contributed by atoms with Gasteiger partial charge in [0.2, 0.25) is 0 Å². The van der Waals surface area contributed by atoms with Gasteiger partial charge in [0.05, 0.1) is 0 Å². The summed E-state index contributed by atoms with van der Waals surface area (Å²) in [5.41, 5.74) is 3.63. The molecule has 0 saturated heterocycles. The van der Waals surface area contributed by atoms with E-state index in [-0.39, 0.29) is 0 Å². The fourth-order valence-corrected chi connectivity index (χ4v) is 3.09. The fraction of sp³-hybridized carbons (Fsp3) is 0.300. The van der Waals surface area contributed by atoms with Gasteiger partial charge in [-0.05, 0) is 16.7 Å². The molecule has 0 spiro atoms. The summed E-state index contributed by atoms with van der Waals surface area (Å²) in [4.78, 5) is 14.2. The Morgan fingerprint density at radius 1 is 0.364 bits per heavy atom. The third kappa shape index (κ3) is 10.2. The van der Waals surface area contributed by atoms with E-state index in [1.807, 2.05) is 96.1 Å². The zero-order valence-corrected chi connectivity index (χ0v) is 21.1. The normalized spacial score (nSPS) is 9.27. The Labute approximate surface area is 201 Å². The van der Waals surface area contributed by atoms with Crippen LogP contribution in [0.2, 0.25) is 0 Å². The maximum atomic E-state index is 4.74. The zero-order chi connectivity index (χ0) is 24.3. The van der Waals surface area contributed by atoms with Gasteiger partial charge >= 0.3 is 0 Å². The molecule has 0 saturated carbocycles. The summed E-state index contributed by atoms with van der Waals surface area (Å²) in [6.45, 7) is 12.0. The summed E-state index contributed by atoms with van der Waals surface area (Å²) in [5, 5.41) is 0. The Morgan fingerprint density at radius 2 is 0.576 bits per heavy atom. The second kappa shape index (κ2) is 17.3. The topological polar surface area (TPSA) is 38.7 Å². The van der Waals surface area contributed by atoms with Crippen LogP contribution < -0.4 is 0 Å². The first-order valence-electron chi connectivity index (χ1n) is 12.2. The highest BCUT2D eigenvalue weighted by Crippen LogP contribution is 2.12.